The number of rotatable bonds is 5. The molecule has 0 atom stereocenters. The van der Waals surface area contributed by atoms with Crippen molar-refractivity contribution in [3.8, 4) is 11.5 Å². The predicted molar refractivity (Wildman–Crippen MR) is 106 cm³/mol. The highest BCUT2D eigenvalue weighted by Gasteiger charge is 2.53. The van der Waals surface area contributed by atoms with Gasteiger partial charge >= 0.3 is 0 Å². The molecular weight excluding hydrogens is 343 g/mol. The Labute approximate surface area is 160 Å². The average molecular weight is 372 g/mol. The Morgan fingerprint density at radius 2 is 1.96 bits per heavy atom. The smallest absolute Gasteiger partial charge is 0.226 e. The van der Waals surface area contributed by atoms with Crippen molar-refractivity contribution >= 4 is 5.96 Å². The molecule has 0 radical (unpaired) electrons. The van der Waals surface area contributed by atoms with E-state index in [1.807, 2.05) is 0 Å². The number of guanidine groups is 1. The van der Waals surface area contributed by atoms with Gasteiger partial charge in [0.1, 0.15) is 12.1 Å². The molecule has 0 spiro atoms. The fourth-order valence-electron chi connectivity index (χ4n) is 3.22. The molecule has 1 N–H and O–H groups in total. The Morgan fingerprint density at radius 3 is 2.56 bits per heavy atom. The van der Waals surface area contributed by atoms with Crippen LogP contribution in [0.4, 0.5) is 4.39 Å². The lowest BCUT2D eigenvalue weighted by Gasteiger charge is -2.62. The summed E-state index contributed by atoms with van der Waals surface area (Å²) < 4.78 is 18.6. The Morgan fingerprint density at radius 1 is 1.26 bits per heavy atom. The van der Waals surface area contributed by atoms with E-state index in [4.69, 9.17) is 9.41 Å². The number of hydrogen-bond acceptors (Lipinski definition) is 3. The van der Waals surface area contributed by atoms with Crippen molar-refractivity contribution in [2.24, 2.45) is 10.4 Å². The normalized spacial score (nSPS) is 18.3. The third-order valence-electron chi connectivity index (χ3n) is 5.75. The van der Waals surface area contributed by atoms with Crippen LogP contribution in [0.5, 0.6) is 0 Å². The minimum absolute atomic E-state index is 0.0671. The summed E-state index contributed by atoms with van der Waals surface area (Å²) in [6.45, 7) is 13.6. The van der Waals surface area contributed by atoms with Crippen molar-refractivity contribution in [2.45, 2.75) is 46.6 Å². The number of halogens is 1. The van der Waals surface area contributed by atoms with Crippen LogP contribution in [0.3, 0.4) is 0 Å². The second kappa shape index (κ2) is 7.33. The molecule has 2 aromatic rings. The van der Waals surface area contributed by atoms with E-state index >= 15 is 0 Å². The van der Waals surface area contributed by atoms with E-state index in [1.165, 1.54) is 12.1 Å². The van der Waals surface area contributed by atoms with Gasteiger partial charge in [-0.2, -0.15) is 0 Å². The molecule has 2 heterocycles. The van der Waals surface area contributed by atoms with Crippen LogP contribution in [0.15, 0.2) is 39.9 Å². The van der Waals surface area contributed by atoms with Gasteiger partial charge in [0, 0.05) is 42.6 Å². The SMILES string of the molecule is CCNC(=NCCc1coc(-c2ccc(F)cc2)n1)N1CC(C)(C)C1(C)C. The monoisotopic (exact) mass is 372 g/mol. The molecule has 5 nitrogen and oxygen atoms in total. The topological polar surface area (TPSA) is 53.7 Å². The Hall–Kier alpha value is -2.37. The summed E-state index contributed by atoms with van der Waals surface area (Å²) in [7, 11) is 0. The molecule has 1 saturated heterocycles. The lowest BCUT2D eigenvalue weighted by molar-refractivity contribution is -0.0667. The number of aliphatic imine (C=N–C) groups is 1. The zero-order valence-corrected chi connectivity index (χ0v) is 16.8. The standard InChI is InChI=1S/C21H29FN4O/c1-6-23-19(26-14-20(2,3)21(26,4)5)24-12-11-17-13-27-18(25-17)15-7-9-16(22)10-8-15/h7-10,13H,6,11-12,14H2,1-5H3,(H,23,24). The van der Waals surface area contributed by atoms with Crippen LogP contribution in [0.25, 0.3) is 11.5 Å². The fourth-order valence-corrected chi connectivity index (χ4v) is 3.22. The minimum atomic E-state index is -0.270. The number of nitrogens with zero attached hydrogens (tertiary/aromatic N) is 3. The molecule has 0 aliphatic carbocycles. The van der Waals surface area contributed by atoms with Gasteiger partial charge < -0.3 is 14.6 Å². The van der Waals surface area contributed by atoms with Crippen molar-refractivity contribution < 1.29 is 8.81 Å². The summed E-state index contributed by atoms with van der Waals surface area (Å²) in [5.74, 6) is 1.18. The highest BCUT2D eigenvalue weighted by molar-refractivity contribution is 5.82. The number of nitrogens with one attached hydrogen (secondary N) is 1. The zero-order chi connectivity index (χ0) is 19.7. The maximum Gasteiger partial charge on any atom is 0.226 e. The molecule has 146 valence electrons. The summed E-state index contributed by atoms with van der Waals surface area (Å²) in [5, 5.41) is 3.40. The molecule has 0 saturated carbocycles. The lowest BCUT2D eigenvalue weighted by Crippen LogP contribution is -2.72. The summed E-state index contributed by atoms with van der Waals surface area (Å²) in [5.41, 5.74) is 1.94. The molecular formula is C21H29FN4O. The quantitative estimate of drug-likeness (QED) is 0.634. The summed E-state index contributed by atoms with van der Waals surface area (Å²) >= 11 is 0. The molecule has 1 aromatic carbocycles. The van der Waals surface area contributed by atoms with Crippen LogP contribution in [0.2, 0.25) is 0 Å². The summed E-state index contributed by atoms with van der Waals surface area (Å²) in [4.78, 5) is 11.6. The highest BCUT2D eigenvalue weighted by atomic mass is 19.1. The second-order valence-corrected chi connectivity index (χ2v) is 8.17. The molecule has 1 aliphatic rings. The maximum atomic E-state index is 13.0. The van der Waals surface area contributed by atoms with Crippen LogP contribution < -0.4 is 5.32 Å². The molecule has 27 heavy (non-hydrogen) atoms. The first-order chi connectivity index (χ1) is 12.7. The molecule has 3 rings (SSSR count). The van der Waals surface area contributed by atoms with Crippen molar-refractivity contribution in [1.29, 1.82) is 0 Å². The van der Waals surface area contributed by atoms with Crippen LogP contribution in [-0.2, 0) is 6.42 Å². The van der Waals surface area contributed by atoms with E-state index < -0.39 is 0 Å². The van der Waals surface area contributed by atoms with E-state index in [1.54, 1.807) is 18.4 Å². The van der Waals surface area contributed by atoms with Crippen molar-refractivity contribution in [1.82, 2.24) is 15.2 Å². The minimum Gasteiger partial charge on any atom is -0.444 e. The third-order valence-corrected chi connectivity index (χ3v) is 5.75. The first kappa shape index (κ1) is 19.4. The lowest BCUT2D eigenvalue weighted by atomic mass is 9.65. The Kier molecular flexibility index (Phi) is 5.27. The van der Waals surface area contributed by atoms with Crippen molar-refractivity contribution in [3.05, 3.63) is 42.0 Å². The van der Waals surface area contributed by atoms with E-state index in [0.717, 1.165) is 30.3 Å². The van der Waals surface area contributed by atoms with Crippen LogP contribution >= 0.6 is 0 Å². The van der Waals surface area contributed by atoms with Gasteiger partial charge in [0.2, 0.25) is 5.89 Å². The number of oxazole rings is 1. The Balaban J connectivity index is 1.64. The molecule has 1 aromatic heterocycles. The van der Waals surface area contributed by atoms with Crippen LogP contribution in [0.1, 0.15) is 40.3 Å². The zero-order valence-electron chi connectivity index (χ0n) is 16.8. The van der Waals surface area contributed by atoms with Gasteiger partial charge in [-0.15, -0.1) is 0 Å². The predicted octanol–water partition coefficient (Wildman–Crippen LogP) is 4.11. The molecule has 0 amide bonds. The van der Waals surface area contributed by atoms with Gasteiger partial charge in [-0.1, -0.05) is 13.8 Å². The number of hydrogen-bond donors (Lipinski definition) is 1. The molecule has 6 heteroatoms. The molecule has 1 fully saturated rings. The van der Waals surface area contributed by atoms with Gasteiger partial charge in [-0.3, -0.25) is 4.99 Å². The summed E-state index contributed by atoms with van der Waals surface area (Å²) in [6, 6.07) is 6.14. The summed E-state index contributed by atoms with van der Waals surface area (Å²) in [6.07, 6.45) is 2.34. The number of benzene rings is 1. The van der Waals surface area contributed by atoms with Gasteiger partial charge in [-0.25, -0.2) is 9.37 Å². The molecule has 0 bridgehead atoms. The Bertz CT molecular complexity index is 808. The van der Waals surface area contributed by atoms with Crippen molar-refractivity contribution in [2.75, 3.05) is 19.6 Å². The van der Waals surface area contributed by atoms with E-state index in [2.05, 4.69) is 49.8 Å². The molecule has 1 aliphatic heterocycles. The third kappa shape index (κ3) is 3.84. The average Bonchev–Trinajstić information content (AvgIpc) is 3.08. The van der Waals surface area contributed by atoms with Crippen molar-refractivity contribution in [3.63, 3.8) is 0 Å². The van der Waals surface area contributed by atoms with E-state index in [9.17, 15) is 4.39 Å². The van der Waals surface area contributed by atoms with Crippen LogP contribution in [0, 0.1) is 11.2 Å². The first-order valence-corrected chi connectivity index (χ1v) is 9.51. The van der Waals surface area contributed by atoms with Gasteiger partial charge in [0.15, 0.2) is 5.96 Å². The van der Waals surface area contributed by atoms with E-state index in [0.29, 0.717) is 18.9 Å². The van der Waals surface area contributed by atoms with Gasteiger partial charge in [0.05, 0.1) is 5.69 Å². The number of likely N-dealkylation sites (tertiary alicyclic amines) is 1. The van der Waals surface area contributed by atoms with Gasteiger partial charge in [-0.05, 0) is 45.0 Å². The van der Waals surface area contributed by atoms with E-state index in [-0.39, 0.29) is 16.8 Å². The highest BCUT2D eigenvalue weighted by Crippen LogP contribution is 2.46. The first-order valence-electron chi connectivity index (χ1n) is 9.51. The molecule has 0 unspecified atom stereocenters. The van der Waals surface area contributed by atoms with Crippen LogP contribution in [-0.4, -0.2) is 41.0 Å². The maximum absolute atomic E-state index is 13.0. The number of aromatic nitrogens is 1. The fraction of sp³-hybridized carbons (Fsp3) is 0.524. The largest absolute Gasteiger partial charge is 0.444 e. The van der Waals surface area contributed by atoms with Gasteiger partial charge in [0.25, 0.3) is 0 Å². The second-order valence-electron chi connectivity index (χ2n) is 8.17.